The van der Waals surface area contributed by atoms with E-state index in [4.69, 9.17) is 5.73 Å². The standard InChI is InChI=1S/C50H82N8O8/c1-5-34(3)33-35(4)17-11-9-7-8-10-12-22-44(60)53-39-19-14-30-52-47(63)42-20-15-31-57(42)50(66)41(18-13-29-51)56-46(62)40(28-25-36-23-26-37(59)27-24-36)55-48(64)43-21-16-32-58(43)49(65)38(6-2)54-45(39)61/h23-24,26-27,34-35,38-43,59H,5-22,25,28-33,51H2,1-4H3,(H,52,63)(H,53,60)(H,54,61)(H,55,64)(H,56,62)/t34?,35?,38?,39-,40?,41?,42?,43?/m0/s1. The Morgan fingerprint density at radius 3 is 1.97 bits per heavy atom. The monoisotopic (exact) mass is 923 g/mol. The first-order chi connectivity index (χ1) is 31.8. The van der Waals surface area contributed by atoms with Gasteiger partial charge in [0.1, 0.15) is 42.0 Å². The number of amides is 7. The summed E-state index contributed by atoms with van der Waals surface area (Å²) < 4.78 is 0. The summed E-state index contributed by atoms with van der Waals surface area (Å²) in [4.78, 5) is 101. The Balaban J connectivity index is 1.50. The zero-order valence-corrected chi connectivity index (χ0v) is 40.4. The number of nitrogens with two attached hydrogens (primary N) is 1. The van der Waals surface area contributed by atoms with Crippen molar-refractivity contribution in [2.45, 2.75) is 199 Å². The second-order valence-corrected chi connectivity index (χ2v) is 19.2. The summed E-state index contributed by atoms with van der Waals surface area (Å²) in [7, 11) is 0. The minimum atomic E-state index is -1.10. The van der Waals surface area contributed by atoms with E-state index in [0.717, 1.165) is 36.7 Å². The van der Waals surface area contributed by atoms with Gasteiger partial charge >= 0.3 is 0 Å². The smallest absolute Gasteiger partial charge is 0.245 e. The lowest BCUT2D eigenvalue weighted by Gasteiger charge is -2.31. The van der Waals surface area contributed by atoms with Crippen LogP contribution in [0.25, 0.3) is 0 Å². The molecule has 1 aromatic rings. The van der Waals surface area contributed by atoms with E-state index in [1.807, 2.05) is 0 Å². The molecule has 0 spiro atoms. The molecule has 0 radical (unpaired) electrons. The molecule has 66 heavy (non-hydrogen) atoms. The number of phenolic OH excluding ortho intramolecular Hbond substituents is 1. The number of aryl methyl sites for hydroxylation is 1. The van der Waals surface area contributed by atoms with Gasteiger partial charge in [0.15, 0.2) is 0 Å². The summed E-state index contributed by atoms with van der Waals surface area (Å²) in [6.45, 7) is 9.73. The lowest BCUT2D eigenvalue weighted by molar-refractivity contribution is -0.143. The third-order valence-corrected chi connectivity index (χ3v) is 13.8. The lowest BCUT2D eigenvalue weighted by Crippen LogP contribution is -2.59. The van der Waals surface area contributed by atoms with E-state index in [0.29, 0.717) is 57.9 Å². The van der Waals surface area contributed by atoms with Crippen LogP contribution in [-0.4, -0.2) is 119 Å². The third-order valence-electron chi connectivity index (χ3n) is 13.8. The number of phenols is 1. The van der Waals surface area contributed by atoms with Crippen LogP contribution >= 0.6 is 0 Å². The van der Waals surface area contributed by atoms with Crippen molar-refractivity contribution < 1.29 is 38.7 Å². The van der Waals surface area contributed by atoms with Crippen LogP contribution in [0.3, 0.4) is 0 Å². The van der Waals surface area contributed by atoms with E-state index < -0.39 is 65.8 Å². The molecule has 370 valence electrons. The summed E-state index contributed by atoms with van der Waals surface area (Å²) in [6, 6.07) is 0.782. The molecule has 0 saturated carbocycles. The highest BCUT2D eigenvalue weighted by atomic mass is 16.3. The highest BCUT2D eigenvalue weighted by Crippen LogP contribution is 2.24. The summed E-state index contributed by atoms with van der Waals surface area (Å²) in [6.07, 6.45) is 14.0. The quantitative estimate of drug-likeness (QED) is 0.0912. The molecule has 3 aliphatic rings. The maximum absolute atomic E-state index is 14.2. The van der Waals surface area contributed by atoms with Crippen molar-refractivity contribution in [3.63, 3.8) is 0 Å². The Bertz CT molecular complexity index is 1730. The number of hydrogen-bond donors (Lipinski definition) is 7. The Kier molecular flexibility index (Phi) is 23.2. The van der Waals surface area contributed by atoms with Gasteiger partial charge in [0.25, 0.3) is 0 Å². The topological polar surface area (TPSA) is 232 Å². The van der Waals surface area contributed by atoms with Gasteiger partial charge in [-0.15, -0.1) is 0 Å². The number of nitrogens with one attached hydrogen (secondary N) is 5. The number of hydrogen-bond acceptors (Lipinski definition) is 9. The van der Waals surface area contributed by atoms with Gasteiger partial charge in [-0.1, -0.05) is 84.8 Å². The zero-order valence-electron chi connectivity index (χ0n) is 40.4. The third kappa shape index (κ3) is 17.2. The molecule has 3 saturated heterocycles. The molecule has 0 bridgehead atoms. The van der Waals surface area contributed by atoms with Crippen LogP contribution in [0.4, 0.5) is 0 Å². The average molecular weight is 923 g/mol. The second-order valence-electron chi connectivity index (χ2n) is 19.2. The fourth-order valence-electron chi connectivity index (χ4n) is 9.61. The highest BCUT2D eigenvalue weighted by Gasteiger charge is 2.41. The molecule has 4 rings (SSSR count). The molecule has 16 nitrogen and oxygen atoms in total. The molecular weight excluding hydrogens is 841 g/mol. The van der Waals surface area contributed by atoms with Crippen LogP contribution in [-0.2, 0) is 40.0 Å². The first-order valence-electron chi connectivity index (χ1n) is 25.3. The largest absolute Gasteiger partial charge is 0.508 e. The van der Waals surface area contributed by atoms with Crippen LogP contribution in [0.2, 0.25) is 0 Å². The number of fused-ring (bicyclic) bond motifs is 2. The van der Waals surface area contributed by atoms with Gasteiger partial charge in [-0.25, -0.2) is 0 Å². The molecular formula is C50H82N8O8. The van der Waals surface area contributed by atoms with Gasteiger partial charge in [-0.05, 0) is 120 Å². The normalized spacial score (nSPS) is 24.9. The molecule has 8 atom stereocenters. The molecule has 16 heteroatoms. The van der Waals surface area contributed by atoms with Crippen LogP contribution in [0.15, 0.2) is 24.3 Å². The number of carbonyl (C=O) groups is 7. The second kappa shape index (κ2) is 28.4. The van der Waals surface area contributed by atoms with E-state index in [1.165, 1.54) is 54.0 Å². The molecule has 3 fully saturated rings. The van der Waals surface area contributed by atoms with Crippen LogP contribution in [0, 0.1) is 11.8 Å². The van der Waals surface area contributed by atoms with Crippen LogP contribution in [0.1, 0.15) is 162 Å². The number of aromatic hydroxyl groups is 1. The molecule has 0 aromatic heterocycles. The van der Waals surface area contributed by atoms with Crippen molar-refractivity contribution in [2.75, 3.05) is 26.2 Å². The van der Waals surface area contributed by atoms with Gasteiger partial charge in [-0.2, -0.15) is 0 Å². The predicted octanol–water partition coefficient (Wildman–Crippen LogP) is 4.50. The predicted molar refractivity (Wildman–Crippen MR) is 255 cm³/mol. The molecule has 7 unspecified atom stereocenters. The van der Waals surface area contributed by atoms with Crippen molar-refractivity contribution >= 4 is 41.4 Å². The zero-order chi connectivity index (χ0) is 48.0. The summed E-state index contributed by atoms with van der Waals surface area (Å²) in [5.74, 6) is -1.50. The minimum Gasteiger partial charge on any atom is -0.508 e. The van der Waals surface area contributed by atoms with E-state index in [2.05, 4.69) is 47.4 Å². The summed E-state index contributed by atoms with van der Waals surface area (Å²) in [5.41, 5.74) is 6.67. The van der Waals surface area contributed by atoms with E-state index in [1.54, 1.807) is 19.1 Å². The van der Waals surface area contributed by atoms with Crippen molar-refractivity contribution in [2.24, 2.45) is 17.6 Å². The summed E-state index contributed by atoms with van der Waals surface area (Å²) >= 11 is 0. The van der Waals surface area contributed by atoms with Gasteiger partial charge in [-0.3, -0.25) is 33.6 Å². The van der Waals surface area contributed by atoms with Gasteiger partial charge in [0.05, 0.1) is 0 Å². The van der Waals surface area contributed by atoms with Crippen molar-refractivity contribution in [3.8, 4) is 5.75 Å². The molecule has 8 N–H and O–H groups in total. The van der Waals surface area contributed by atoms with Gasteiger partial charge < -0.3 is 47.2 Å². The SMILES string of the molecule is CCC(C)CC(C)CCCCCCCCC(=O)N[C@H]1CCCNC(=O)C2CCCN2C(=O)C(CCCN)NC(=O)C(CCc2ccc(O)cc2)NC(=O)C2CCCN2C(=O)C(CC)NC1=O. The maximum Gasteiger partial charge on any atom is 0.245 e. The number of nitrogens with zero attached hydrogens (tertiary/aromatic N) is 2. The fourth-order valence-corrected chi connectivity index (χ4v) is 9.61. The van der Waals surface area contributed by atoms with Crippen LogP contribution < -0.4 is 32.3 Å². The molecule has 0 aliphatic carbocycles. The number of carbonyl (C=O) groups excluding carboxylic acids is 7. The van der Waals surface area contributed by atoms with Crippen molar-refractivity contribution in [1.82, 2.24) is 36.4 Å². The van der Waals surface area contributed by atoms with Crippen molar-refractivity contribution in [3.05, 3.63) is 29.8 Å². The van der Waals surface area contributed by atoms with Crippen LogP contribution in [0.5, 0.6) is 5.75 Å². The van der Waals surface area contributed by atoms with Gasteiger partial charge in [0, 0.05) is 26.1 Å². The van der Waals surface area contributed by atoms with Crippen molar-refractivity contribution in [1.29, 1.82) is 0 Å². The Hall–Kier alpha value is -4.73. The number of unbranched alkanes of at least 4 members (excludes halogenated alkanes) is 5. The molecule has 7 amide bonds. The first-order valence-corrected chi connectivity index (χ1v) is 25.3. The Morgan fingerprint density at radius 1 is 0.712 bits per heavy atom. The number of rotatable bonds is 20. The fraction of sp³-hybridized carbons (Fsp3) is 0.740. The van der Waals surface area contributed by atoms with E-state index in [9.17, 15) is 38.7 Å². The van der Waals surface area contributed by atoms with E-state index >= 15 is 0 Å². The molecule has 3 heterocycles. The Morgan fingerprint density at radius 2 is 1.32 bits per heavy atom. The van der Waals surface area contributed by atoms with Gasteiger partial charge in [0.2, 0.25) is 41.4 Å². The average Bonchev–Trinajstić information content (AvgIpc) is 4.01. The molecule has 3 aliphatic heterocycles. The lowest BCUT2D eigenvalue weighted by atomic mass is 9.91. The maximum atomic E-state index is 14.2. The summed E-state index contributed by atoms with van der Waals surface area (Å²) in [5, 5.41) is 24.3. The number of benzene rings is 1. The molecule has 1 aromatic carbocycles. The first kappa shape index (κ1) is 53.9. The Labute approximate surface area is 393 Å². The minimum absolute atomic E-state index is 0.0883. The van der Waals surface area contributed by atoms with E-state index in [-0.39, 0.29) is 69.3 Å². The highest BCUT2D eigenvalue weighted by molar-refractivity contribution is 5.97.